The van der Waals surface area contributed by atoms with Crippen LogP contribution < -0.4 is 5.32 Å². The molecule has 0 heterocycles. The van der Waals surface area contributed by atoms with Crippen LogP contribution >= 0.6 is 15.9 Å². The van der Waals surface area contributed by atoms with Crippen LogP contribution in [0.1, 0.15) is 23.6 Å². The lowest BCUT2D eigenvalue weighted by molar-refractivity contribution is -0.385. The Labute approximate surface area is 132 Å². The summed E-state index contributed by atoms with van der Waals surface area (Å²) in [4.78, 5) is 10.7. The maximum absolute atomic E-state index is 11.1. The molecule has 0 atom stereocenters. The Morgan fingerprint density at radius 1 is 1.19 bits per heavy atom. The Kier molecular flexibility index (Phi) is 4.96. The van der Waals surface area contributed by atoms with E-state index in [0.717, 1.165) is 21.3 Å². The summed E-state index contributed by atoms with van der Waals surface area (Å²) in [7, 11) is 0. The van der Waals surface area contributed by atoms with Crippen LogP contribution in [0.25, 0.3) is 0 Å². The molecule has 2 aromatic carbocycles. The largest absolute Gasteiger partial charge is 0.381 e. The van der Waals surface area contributed by atoms with Gasteiger partial charge in [-0.3, -0.25) is 10.1 Å². The molecule has 21 heavy (non-hydrogen) atoms. The fraction of sp³-hybridized carbons (Fsp3) is 0.250. The standard InChI is InChI=1S/C16H17BrN2O2/c1-3-12-6-7-14(9-16(12)19(20)21)18-10-13-5-4-11(2)8-15(13)17/h4-9,18H,3,10H2,1-2H3. The Morgan fingerprint density at radius 3 is 2.52 bits per heavy atom. The molecule has 0 saturated carbocycles. The number of rotatable bonds is 5. The first-order valence-electron chi connectivity index (χ1n) is 6.77. The molecule has 0 spiro atoms. The smallest absolute Gasteiger partial charge is 0.274 e. The minimum atomic E-state index is -0.328. The first-order chi connectivity index (χ1) is 10.0. The number of nitrogens with one attached hydrogen (secondary N) is 1. The van der Waals surface area contributed by atoms with Crippen molar-refractivity contribution in [3.05, 3.63) is 67.7 Å². The first kappa shape index (κ1) is 15.5. The highest BCUT2D eigenvalue weighted by molar-refractivity contribution is 9.10. The lowest BCUT2D eigenvalue weighted by Gasteiger charge is -2.10. The van der Waals surface area contributed by atoms with Crippen molar-refractivity contribution < 1.29 is 4.92 Å². The second-order valence-corrected chi connectivity index (χ2v) is 5.76. The van der Waals surface area contributed by atoms with Gasteiger partial charge in [0.05, 0.1) is 4.92 Å². The quantitative estimate of drug-likeness (QED) is 0.621. The van der Waals surface area contributed by atoms with Gasteiger partial charge in [0.25, 0.3) is 5.69 Å². The van der Waals surface area contributed by atoms with E-state index < -0.39 is 0 Å². The third kappa shape index (κ3) is 3.82. The van der Waals surface area contributed by atoms with Crippen LogP contribution in [-0.2, 0) is 13.0 Å². The van der Waals surface area contributed by atoms with E-state index >= 15 is 0 Å². The Hall–Kier alpha value is -1.88. The van der Waals surface area contributed by atoms with Gasteiger partial charge in [0, 0.05) is 28.3 Å². The van der Waals surface area contributed by atoms with Gasteiger partial charge in [-0.05, 0) is 36.6 Å². The normalized spacial score (nSPS) is 10.4. The molecule has 4 nitrogen and oxygen atoms in total. The molecular weight excluding hydrogens is 332 g/mol. The third-order valence-corrected chi connectivity index (χ3v) is 4.09. The van der Waals surface area contributed by atoms with Crippen molar-refractivity contribution in [3.8, 4) is 0 Å². The molecule has 0 saturated heterocycles. The van der Waals surface area contributed by atoms with Crippen molar-refractivity contribution in [1.29, 1.82) is 0 Å². The summed E-state index contributed by atoms with van der Waals surface area (Å²) in [6.45, 7) is 4.57. The predicted octanol–water partition coefficient (Wildman–Crippen LogP) is 4.84. The number of benzene rings is 2. The molecular formula is C16H17BrN2O2. The summed E-state index contributed by atoms with van der Waals surface area (Å²) in [5.41, 5.74) is 3.98. The van der Waals surface area contributed by atoms with E-state index in [0.29, 0.717) is 13.0 Å². The van der Waals surface area contributed by atoms with Crippen LogP contribution in [0.5, 0.6) is 0 Å². The van der Waals surface area contributed by atoms with E-state index in [4.69, 9.17) is 0 Å². The summed E-state index contributed by atoms with van der Waals surface area (Å²) in [5.74, 6) is 0. The van der Waals surface area contributed by atoms with Gasteiger partial charge >= 0.3 is 0 Å². The molecule has 1 N–H and O–H groups in total. The zero-order valence-corrected chi connectivity index (χ0v) is 13.6. The molecule has 0 radical (unpaired) electrons. The average molecular weight is 349 g/mol. The molecule has 0 aliphatic rings. The molecule has 0 amide bonds. The summed E-state index contributed by atoms with van der Waals surface area (Å²) in [5, 5.41) is 14.3. The lowest BCUT2D eigenvalue weighted by Crippen LogP contribution is -2.02. The van der Waals surface area contributed by atoms with Crippen molar-refractivity contribution in [2.24, 2.45) is 0 Å². The fourth-order valence-corrected chi connectivity index (χ4v) is 2.77. The van der Waals surface area contributed by atoms with Gasteiger partial charge in [-0.1, -0.05) is 41.1 Å². The zero-order chi connectivity index (χ0) is 15.4. The highest BCUT2D eigenvalue weighted by Crippen LogP contribution is 2.25. The molecule has 0 fully saturated rings. The van der Waals surface area contributed by atoms with Crippen LogP contribution in [0.15, 0.2) is 40.9 Å². The summed E-state index contributed by atoms with van der Waals surface area (Å²) in [6.07, 6.45) is 0.653. The summed E-state index contributed by atoms with van der Waals surface area (Å²) in [6, 6.07) is 11.4. The van der Waals surface area contributed by atoms with Crippen molar-refractivity contribution in [1.82, 2.24) is 0 Å². The molecule has 5 heteroatoms. The van der Waals surface area contributed by atoms with Crippen LogP contribution in [0, 0.1) is 17.0 Å². The van der Waals surface area contributed by atoms with E-state index in [2.05, 4.69) is 27.3 Å². The molecule has 0 aliphatic carbocycles. The predicted molar refractivity (Wildman–Crippen MR) is 88.7 cm³/mol. The molecule has 0 aliphatic heterocycles. The SMILES string of the molecule is CCc1ccc(NCc2ccc(C)cc2Br)cc1[N+](=O)[O-]. The first-order valence-corrected chi connectivity index (χ1v) is 7.56. The summed E-state index contributed by atoms with van der Waals surface area (Å²) < 4.78 is 1.04. The number of hydrogen-bond acceptors (Lipinski definition) is 3. The topological polar surface area (TPSA) is 55.2 Å². The minimum Gasteiger partial charge on any atom is -0.381 e. The van der Waals surface area contributed by atoms with Gasteiger partial charge in [0.15, 0.2) is 0 Å². The Bertz CT molecular complexity index is 671. The number of hydrogen-bond donors (Lipinski definition) is 1. The van der Waals surface area contributed by atoms with Gasteiger partial charge in [-0.25, -0.2) is 0 Å². The van der Waals surface area contributed by atoms with Crippen molar-refractivity contribution in [3.63, 3.8) is 0 Å². The number of anilines is 1. The van der Waals surface area contributed by atoms with Crippen molar-refractivity contribution >= 4 is 27.3 Å². The third-order valence-electron chi connectivity index (χ3n) is 3.35. The van der Waals surface area contributed by atoms with E-state index in [1.807, 2.05) is 38.1 Å². The number of aryl methyl sites for hydroxylation is 2. The van der Waals surface area contributed by atoms with Gasteiger partial charge in [0.2, 0.25) is 0 Å². The minimum absolute atomic E-state index is 0.172. The molecule has 0 unspecified atom stereocenters. The van der Waals surface area contributed by atoms with Crippen LogP contribution in [0.4, 0.5) is 11.4 Å². The second kappa shape index (κ2) is 6.72. The van der Waals surface area contributed by atoms with Crippen molar-refractivity contribution in [2.75, 3.05) is 5.32 Å². The number of nitro benzene ring substituents is 1. The zero-order valence-electron chi connectivity index (χ0n) is 12.0. The van der Waals surface area contributed by atoms with E-state index in [-0.39, 0.29) is 10.6 Å². The van der Waals surface area contributed by atoms with Crippen molar-refractivity contribution in [2.45, 2.75) is 26.8 Å². The van der Waals surface area contributed by atoms with Crippen LogP contribution in [0.2, 0.25) is 0 Å². The fourth-order valence-electron chi connectivity index (χ4n) is 2.14. The maximum atomic E-state index is 11.1. The number of nitrogens with zero attached hydrogens (tertiary/aromatic N) is 1. The molecule has 110 valence electrons. The average Bonchev–Trinajstić information content (AvgIpc) is 2.46. The maximum Gasteiger partial charge on any atom is 0.274 e. The molecule has 0 aromatic heterocycles. The van der Waals surface area contributed by atoms with E-state index in [1.165, 1.54) is 5.56 Å². The van der Waals surface area contributed by atoms with Gasteiger partial charge in [-0.15, -0.1) is 0 Å². The van der Waals surface area contributed by atoms with Gasteiger partial charge < -0.3 is 5.32 Å². The van der Waals surface area contributed by atoms with Gasteiger partial charge in [-0.2, -0.15) is 0 Å². The molecule has 2 rings (SSSR count). The van der Waals surface area contributed by atoms with Gasteiger partial charge in [0.1, 0.15) is 0 Å². The number of nitro groups is 1. The second-order valence-electron chi connectivity index (χ2n) is 4.90. The van der Waals surface area contributed by atoms with Crippen LogP contribution in [0.3, 0.4) is 0 Å². The lowest BCUT2D eigenvalue weighted by atomic mass is 10.1. The van der Waals surface area contributed by atoms with E-state index in [9.17, 15) is 10.1 Å². The monoisotopic (exact) mass is 348 g/mol. The van der Waals surface area contributed by atoms with E-state index in [1.54, 1.807) is 6.07 Å². The Morgan fingerprint density at radius 2 is 1.90 bits per heavy atom. The molecule has 2 aromatic rings. The molecule has 0 bridgehead atoms. The highest BCUT2D eigenvalue weighted by Gasteiger charge is 2.13. The highest BCUT2D eigenvalue weighted by atomic mass is 79.9. The summed E-state index contributed by atoms with van der Waals surface area (Å²) >= 11 is 3.53. The van der Waals surface area contributed by atoms with Crippen LogP contribution in [-0.4, -0.2) is 4.92 Å². The Balaban J connectivity index is 2.16. The number of halogens is 1.